The maximum absolute atomic E-state index is 12.4. The van der Waals surface area contributed by atoms with Gasteiger partial charge in [0.2, 0.25) is 0 Å². The van der Waals surface area contributed by atoms with Crippen molar-refractivity contribution in [2.45, 2.75) is 10.6 Å². The second-order valence-electron chi connectivity index (χ2n) is 3.98. The van der Waals surface area contributed by atoms with Crippen molar-refractivity contribution in [3.05, 3.63) is 52.5 Å². The lowest BCUT2D eigenvalue weighted by Gasteiger charge is -2.09. The molecule has 0 amide bonds. The highest BCUT2D eigenvalue weighted by atomic mass is 79.9. The second kappa shape index (κ2) is 6.21. The smallest absolute Gasteiger partial charge is 0.122 e. The summed E-state index contributed by atoms with van der Waals surface area (Å²) in [4.78, 5) is 0.639. The van der Waals surface area contributed by atoms with Crippen molar-refractivity contribution < 1.29 is 8.95 Å². The zero-order valence-corrected chi connectivity index (χ0v) is 12.8. The number of anilines is 1. The zero-order valence-electron chi connectivity index (χ0n) is 10.4. The van der Waals surface area contributed by atoms with Crippen molar-refractivity contribution in [2.24, 2.45) is 0 Å². The van der Waals surface area contributed by atoms with Gasteiger partial charge in [0.05, 0.1) is 28.6 Å². The Balaban J connectivity index is 2.28. The SMILES string of the molecule is COc1ccccc1CS(=O)c1cc(Br)ccc1N. The number of halogens is 1. The molecule has 5 heteroatoms. The molecule has 100 valence electrons. The molecule has 0 saturated heterocycles. The van der Waals surface area contributed by atoms with Crippen molar-refractivity contribution in [3.63, 3.8) is 0 Å². The lowest BCUT2D eigenvalue weighted by molar-refractivity contribution is 0.411. The highest BCUT2D eigenvalue weighted by Gasteiger charge is 2.12. The van der Waals surface area contributed by atoms with E-state index in [-0.39, 0.29) is 0 Å². The van der Waals surface area contributed by atoms with Gasteiger partial charge in [0.15, 0.2) is 0 Å². The van der Waals surface area contributed by atoms with Crippen LogP contribution in [-0.2, 0) is 16.6 Å². The highest BCUT2D eigenvalue weighted by Crippen LogP contribution is 2.26. The van der Waals surface area contributed by atoms with Gasteiger partial charge in [-0.25, -0.2) is 0 Å². The average molecular weight is 340 g/mol. The number of methoxy groups -OCH3 is 1. The molecule has 0 aromatic heterocycles. The van der Waals surface area contributed by atoms with Crippen LogP contribution in [0.4, 0.5) is 5.69 Å². The van der Waals surface area contributed by atoms with Gasteiger partial charge in [0, 0.05) is 15.7 Å². The lowest BCUT2D eigenvalue weighted by Crippen LogP contribution is -2.02. The average Bonchev–Trinajstić information content (AvgIpc) is 2.42. The number of nitrogen functional groups attached to an aromatic ring is 1. The van der Waals surface area contributed by atoms with Crippen molar-refractivity contribution >= 4 is 32.4 Å². The fourth-order valence-electron chi connectivity index (χ4n) is 1.75. The first-order chi connectivity index (χ1) is 9.11. The molecule has 0 radical (unpaired) electrons. The van der Waals surface area contributed by atoms with Crippen LogP contribution in [-0.4, -0.2) is 11.3 Å². The van der Waals surface area contributed by atoms with Gasteiger partial charge in [-0.15, -0.1) is 0 Å². The highest BCUT2D eigenvalue weighted by molar-refractivity contribution is 9.10. The minimum absolute atomic E-state index is 0.380. The number of rotatable bonds is 4. The largest absolute Gasteiger partial charge is 0.496 e. The van der Waals surface area contributed by atoms with E-state index >= 15 is 0 Å². The molecule has 2 rings (SSSR count). The number of benzene rings is 2. The Morgan fingerprint density at radius 3 is 2.74 bits per heavy atom. The first-order valence-electron chi connectivity index (χ1n) is 5.67. The van der Waals surface area contributed by atoms with E-state index in [1.54, 1.807) is 19.2 Å². The summed E-state index contributed by atoms with van der Waals surface area (Å²) < 4.78 is 18.5. The van der Waals surface area contributed by atoms with Gasteiger partial charge < -0.3 is 10.5 Å². The third-order valence-electron chi connectivity index (χ3n) is 2.70. The van der Waals surface area contributed by atoms with E-state index in [1.807, 2.05) is 30.3 Å². The molecule has 1 unspecified atom stereocenters. The van der Waals surface area contributed by atoms with Crippen LogP contribution in [0.2, 0.25) is 0 Å². The van der Waals surface area contributed by atoms with Gasteiger partial charge in [0.1, 0.15) is 5.75 Å². The van der Waals surface area contributed by atoms with E-state index in [4.69, 9.17) is 10.5 Å². The third kappa shape index (κ3) is 3.36. The molecule has 0 bridgehead atoms. The van der Waals surface area contributed by atoms with Crippen LogP contribution in [0.3, 0.4) is 0 Å². The molecular formula is C14H14BrNO2S. The summed E-state index contributed by atoms with van der Waals surface area (Å²) in [5.41, 5.74) is 7.31. The van der Waals surface area contributed by atoms with E-state index < -0.39 is 10.8 Å². The van der Waals surface area contributed by atoms with Gasteiger partial charge in [-0.05, 0) is 24.3 Å². The Bertz CT molecular complexity index is 616. The quantitative estimate of drug-likeness (QED) is 0.869. The number of para-hydroxylation sites is 1. The Morgan fingerprint density at radius 1 is 1.26 bits per heavy atom. The maximum atomic E-state index is 12.4. The van der Waals surface area contributed by atoms with Gasteiger partial charge in [-0.1, -0.05) is 34.1 Å². The van der Waals surface area contributed by atoms with Crippen molar-refractivity contribution in [1.82, 2.24) is 0 Å². The van der Waals surface area contributed by atoms with E-state index in [0.717, 1.165) is 15.8 Å². The van der Waals surface area contributed by atoms with Crippen LogP contribution in [0.25, 0.3) is 0 Å². The standard InChI is InChI=1S/C14H14BrNO2S/c1-18-13-5-3-2-4-10(13)9-19(17)14-8-11(15)6-7-12(14)16/h2-8H,9,16H2,1H3. The molecule has 0 aliphatic heterocycles. The summed E-state index contributed by atoms with van der Waals surface area (Å²) >= 11 is 3.36. The summed E-state index contributed by atoms with van der Waals surface area (Å²) in [6, 6.07) is 12.9. The van der Waals surface area contributed by atoms with Gasteiger partial charge >= 0.3 is 0 Å². The maximum Gasteiger partial charge on any atom is 0.122 e. The molecule has 19 heavy (non-hydrogen) atoms. The van der Waals surface area contributed by atoms with E-state index in [1.165, 1.54) is 0 Å². The fraction of sp³-hybridized carbons (Fsp3) is 0.143. The number of nitrogens with two attached hydrogens (primary N) is 1. The number of hydrogen-bond acceptors (Lipinski definition) is 3. The molecule has 0 spiro atoms. The molecule has 0 aliphatic carbocycles. The predicted octanol–water partition coefficient (Wildman–Crippen LogP) is 3.35. The van der Waals surface area contributed by atoms with Crippen LogP contribution < -0.4 is 10.5 Å². The fourth-order valence-corrected chi connectivity index (χ4v) is 3.52. The Hall–Kier alpha value is -1.33. The number of hydrogen-bond donors (Lipinski definition) is 1. The van der Waals surface area contributed by atoms with Gasteiger partial charge in [0.25, 0.3) is 0 Å². The zero-order chi connectivity index (χ0) is 13.8. The van der Waals surface area contributed by atoms with Crippen LogP contribution in [0.5, 0.6) is 5.75 Å². The van der Waals surface area contributed by atoms with Crippen LogP contribution in [0, 0.1) is 0 Å². The van der Waals surface area contributed by atoms with E-state index in [2.05, 4.69) is 15.9 Å². The van der Waals surface area contributed by atoms with Gasteiger partial charge in [-0.3, -0.25) is 4.21 Å². The van der Waals surface area contributed by atoms with Crippen molar-refractivity contribution in [3.8, 4) is 5.75 Å². The topological polar surface area (TPSA) is 52.3 Å². The normalized spacial score (nSPS) is 12.1. The summed E-state index contributed by atoms with van der Waals surface area (Å²) in [6.07, 6.45) is 0. The minimum Gasteiger partial charge on any atom is -0.496 e. The monoisotopic (exact) mass is 339 g/mol. The molecular weight excluding hydrogens is 326 g/mol. The summed E-state index contributed by atoms with van der Waals surface area (Å²) in [5.74, 6) is 1.12. The molecule has 0 saturated carbocycles. The van der Waals surface area contributed by atoms with Crippen molar-refractivity contribution in [2.75, 3.05) is 12.8 Å². The van der Waals surface area contributed by atoms with E-state index in [0.29, 0.717) is 16.3 Å². The first kappa shape index (κ1) is 14.1. The molecule has 2 N–H and O–H groups in total. The first-order valence-corrected chi connectivity index (χ1v) is 7.78. The molecule has 0 heterocycles. The third-order valence-corrected chi connectivity index (χ3v) is 4.61. The summed E-state index contributed by atoms with van der Waals surface area (Å²) in [5, 5.41) is 0. The second-order valence-corrected chi connectivity index (χ2v) is 6.32. The Labute approximate surface area is 123 Å². The Kier molecular flexibility index (Phi) is 4.61. The minimum atomic E-state index is -1.20. The molecule has 3 nitrogen and oxygen atoms in total. The molecule has 0 aliphatic rings. The molecule has 1 atom stereocenters. The van der Waals surface area contributed by atoms with E-state index in [9.17, 15) is 4.21 Å². The predicted molar refractivity (Wildman–Crippen MR) is 81.7 cm³/mol. The number of ether oxygens (including phenoxy) is 1. The molecule has 2 aromatic carbocycles. The molecule has 0 fully saturated rings. The lowest BCUT2D eigenvalue weighted by atomic mass is 10.2. The van der Waals surface area contributed by atoms with Crippen LogP contribution in [0.15, 0.2) is 51.8 Å². The van der Waals surface area contributed by atoms with Crippen molar-refractivity contribution in [1.29, 1.82) is 0 Å². The summed E-state index contributed by atoms with van der Waals surface area (Å²) in [7, 11) is 0.403. The van der Waals surface area contributed by atoms with Crippen LogP contribution >= 0.6 is 15.9 Å². The Morgan fingerprint density at radius 2 is 2.00 bits per heavy atom. The van der Waals surface area contributed by atoms with Crippen LogP contribution in [0.1, 0.15) is 5.56 Å². The molecule has 2 aromatic rings. The van der Waals surface area contributed by atoms with Gasteiger partial charge in [-0.2, -0.15) is 0 Å². The summed E-state index contributed by atoms with van der Waals surface area (Å²) in [6.45, 7) is 0.